The Morgan fingerprint density at radius 1 is 1.24 bits per heavy atom. The fourth-order valence-electron chi connectivity index (χ4n) is 4.01. The number of para-hydroxylation sites is 1. The van der Waals surface area contributed by atoms with Crippen LogP contribution in [-0.4, -0.2) is 46.2 Å². The van der Waals surface area contributed by atoms with Crippen molar-refractivity contribution in [1.82, 2.24) is 14.8 Å². The van der Waals surface area contributed by atoms with E-state index in [1.165, 1.54) is 12.8 Å². The molecule has 1 aromatic carbocycles. The molecule has 2 heterocycles. The summed E-state index contributed by atoms with van der Waals surface area (Å²) in [6, 6.07) is 7.07. The molecule has 0 atom stereocenters. The summed E-state index contributed by atoms with van der Waals surface area (Å²) in [5.41, 5.74) is 0.0469. The first-order valence-corrected chi connectivity index (χ1v) is 10.3. The molecule has 3 rings (SSSR count). The van der Waals surface area contributed by atoms with Gasteiger partial charge in [0.1, 0.15) is 11.3 Å². The summed E-state index contributed by atoms with van der Waals surface area (Å²) >= 11 is 0. The summed E-state index contributed by atoms with van der Waals surface area (Å²) in [6.07, 6.45) is 4.10. The Morgan fingerprint density at radius 2 is 1.90 bits per heavy atom. The molecule has 6 nitrogen and oxygen atoms in total. The van der Waals surface area contributed by atoms with E-state index >= 15 is 0 Å². The van der Waals surface area contributed by atoms with Crippen LogP contribution in [0.4, 0.5) is 0 Å². The second-order valence-electron chi connectivity index (χ2n) is 7.95. The van der Waals surface area contributed by atoms with E-state index in [9.17, 15) is 14.7 Å². The van der Waals surface area contributed by atoms with Crippen LogP contribution in [0.2, 0.25) is 0 Å². The van der Waals surface area contributed by atoms with Gasteiger partial charge in [-0.1, -0.05) is 25.5 Å². The van der Waals surface area contributed by atoms with Gasteiger partial charge in [0.2, 0.25) is 0 Å². The highest BCUT2D eigenvalue weighted by molar-refractivity contribution is 6.02. The number of nitrogens with one attached hydrogen (secondary N) is 1. The fourth-order valence-corrected chi connectivity index (χ4v) is 4.01. The smallest absolute Gasteiger partial charge is 0.267 e. The van der Waals surface area contributed by atoms with Gasteiger partial charge in [-0.15, -0.1) is 12.4 Å². The van der Waals surface area contributed by atoms with Crippen LogP contribution >= 0.6 is 12.4 Å². The number of nitrogens with zero attached hydrogens (tertiary/aromatic N) is 2. The van der Waals surface area contributed by atoms with Crippen molar-refractivity contribution in [2.45, 2.75) is 58.5 Å². The molecule has 2 N–H and O–H groups in total. The van der Waals surface area contributed by atoms with Crippen LogP contribution in [-0.2, 0) is 0 Å². The number of unbranched alkanes of at least 4 members (excludes halogenated alkanes) is 1. The number of piperidine rings is 1. The molecule has 0 aliphatic carbocycles. The molecule has 1 aliphatic heterocycles. The molecule has 1 fully saturated rings. The van der Waals surface area contributed by atoms with E-state index in [1.54, 1.807) is 22.8 Å². The molecule has 0 radical (unpaired) electrons. The molecule has 0 unspecified atom stereocenters. The monoisotopic (exact) mass is 421 g/mol. The number of carbonyl (C=O) groups is 1. The predicted molar refractivity (Wildman–Crippen MR) is 119 cm³/mol. The minimum absolute atomic E-state index is 0. The van der Waals surface area contributed by atoms with E-state index in [1.807, 2.05) is 19.9 Å². The summed E-state index contributed by atoms with van der Waals surface area (Å²) in [4.78, 5) is 28.4. The van der Waals surface area contributed by atoms with Crippen LogP contribution in [0.5, 0.6) is 5.75 Å². The Labute approximate surface area is 178 Å². The van der Waals surface area contributed by atoms with Gasteiger partial charge >= 0.3 is 0 Å². The van der Waals surface area contributed by atoms with Crippen LogP contribution in [0.1, 0.15) is 62.9 Å². The van der Waals surface area contributed by atoms with Crippen molar-refractivity contribution in [2.75, 3.05) is 19.6 Å². The van der Waals surface area contributed by atoms with Crippen LogP contribution in [0, 0.1) is 0 Å². The normalized spacial score (nSPS) is 15.4. The topological polar surface area (TPSA) is 74.6 Å². The second kappa shape index (κ2) is 10.1. The maximum absolute atomic E-state index is 13.0. The lowest BCUT2D eigenvalue weighted by atomic mass is 10.0. The third-order valence-corrected chi connectivity index (χ3v) is 5.58. The largest absolute Gasteiger partial charge is 0.506 e. The second-order valence-corrected chi connectivity index (χ2v) is 7.95. The lowest BCUT2D eigenvalue weighted by Gasteiger charge is -2.32. The Hall–Kier alpha value is -2.05. The number of amides is 1. The maximum Gasteiger partial charge on any atom is 0.267 e. The Kier molecular flexibility index (Phi) is 8.11. The molecule has 2 aromatic rings. The third-order valence-electron chi connectivity index (χ3n) is 5.58. The van der Waals surface area contributed by atoms with Crippen molar-refractivity contribution < 1.29 is 9.90 Å². The van der Waals surface area contributed by atoms with Gasteiger partial charge in [0.05, 0.1) is 5.52 Å². The highest BCUT2D eigenvalue weighted by Crippen LogP contribution is 2.28. The first-order chi connectivity index (χ1) is 13.4. The maximum atomic E-state index is 13.0. The Bertz CT molecular complexity index is 902. The van der Waals surface area contributed by atoms with Gasteiger partial charge in [0, 0.05) is 30.6 Å². The van der Waals surface area contributed by atoms with E-state index in [0.717, 1.165) is 32.5 Å². The molecule has 29 heavy (non-hydrogen) atoms. The van der Waals surface area contributed by atoms with Crippen LogP contribution < -0.4 is 10.9 Å². The minimum atomic E-state index is -0.477. The van der Waals surface area contributed by atoms with Gasteiger partial charge in [-0.2, -0.15) is 0 Å². The molecule has 7 heteroatoms. The molecule has 1 saturated heterocycles. The first kappa shape index (κ1) is 23.2. The molecule has 1 amide bonds. The number of hydrogen-bond acceptors (Lipinski definition) is 4. The number of carbonyl (C=O) groups excluding carboxylic acids is 1. The molecule has 160 valence electrons. The van der Waals surface area contributed by atoms with Gasteiger partial charge < -0.3 is 19.9 Å². The number of benzene rings is 1. The van der Waals surface area contributed by atoms with Crippen molar-refractivity contribution in [2.24, 2.45) is 0 Å². The van der Waals surface area contributed by atoms with E-state index in [4.69, 9.17) is 0 Å². The predicted octanol–water partition coefficient (Wildman–Crippen LogP) is 3.70. The average Bonchev–Trinajstić information content (AvgIpc) is 2.67. The van der Waals surface area contributed by atoms with Crippen LogP contribution in [0.15, 0.2) is 29.1 Å². The number of halogens is 1. The van der Waals surface area contributed by atoms with Crippen molar-refractivity contribution in [3.63, 3.8) is 0 Å². The zero-order chi connectivity index (χ0) is 20.3. The zero-order valence-electron chi connectivity index (χ0n) is 17.5. The van der Waals surface area contributed by atoms with Crippen LogP contribution in [0.3, 0.4) is 0 Å². The molecule has 0 spiro atoms. The lowest BCUT2D eigenvalue weighted by Crippen LogP contribution is -2.46. The quantitative estimate of drug-likeness (QED) is 0.745. The molecule has 0 saturated carbocycles. The standard InChI is InChI=1S/C22H31N3O3.ClH/c1-4-5-12-24-13-10-16(11-14-24)23-21(27)19-20(26)17-8-6-7-9-18(17)25(15(2)3)22(19)28;/h6-9,15-16,26H,4-5,10-14H2,1-3H3,(H,23,27);1H. The molecule has 1 aliphatic rings. The summed E-state index contributed by atoms with van der Waals surface area (Å²) in [7, 11) is 0. The zero-order valence-corrected chi connectivity index (χ0v) is 18.3. The summed E-state index contributed by atoms with van der Waals surface area (Å²) in [6.45, 7) is 8.99. The Morgan fingerprint density at radius 3 is 2.52 bits per heavy atom. The van der Waals surface area contributed by atoms with E-state index in [0.29, 0.717) is 10.9 Å². The summed E-state index contributed by atoms with van der Waals surface area (Å²) in [5, 5.41) is 14.2. The van der Waals surface area contributed by atoms with Gasteiger partial charge in [0.15, 0.2) is 0 Å². The minimum Gasteiger partial charge on any atom is -0.506 e. The van der Waals surface area contributed by atoms with Crippen molar-refractivity contribution in [3.05, 3.63) is 40.2 Å². The number of likely N-dealkylation sites (tertiary alicyclic amines) is 1. The molecule has 1 aromatic heterocycles. The van der Waals surface area contributed by atoms with E-state index in [2.05, 4.69) is 17.1 Å². The van der Waals surface area contributed by atoms with Gasteiger partial charge in [0.25, 0.3) is 11.5 Å². The highest BCUT2D eigenvalue weighted by atomic mass is 35.5. The van der Waals surface area contributed by atoms with Gasteiger partial charge in [-0.05, 0) is 51.8 Å². The highest BCUT2D eigenvalue weighted by Gasteiger charge is 2.26. The SMILES string of the molecule is CCCCN1CCC(NC(=O)c2c(O)c3ccccc3n(C(C)C)c2=O)CC1.Cl. The summed E-state index contributed by atoms with van der Waals surface area (Å²) < 4.78 is 1.58. The number of pyridine rings is 1. The molecular weight excluding hydrogens is 390 g/mol. The first-order valence-electron chi connectivity index (χ1n) is 10.3. The summed E-state index contributed by atoms with van der Waals surface area (Å²) in [5.74, 6) is -0.704. The molecule has 0 bridgehead atoms. The van der Waals surface area contributed by atoms with E-state index in [-0.39, 0.29) is 35.8 Å². The fraction of sp³-hybridized carbons (Fsp3) is 0.545. The van der Waals surface area contributed by atoms with E-state index < -0.39 is 11.5 Å². The van der Waals surface area contributed by atoms with Crippen molar-refractivity contribution in [3.8, 4) is 5.75 Å². The number of aromatic nitrogens is 1. The number of hydrogen-bond donors (Lipinski definition) is 2. The van der Waals surface area contributed by atoms with Crippen molar-refractivity contribution >= 4 is 29.2 Å². The van der Waals surface area contributed by atoms with Gasteiger partial charge in [-0.25, -0.2) is 0 Å². The number of rotatable bonds is 6. The number of fused-ring (bicyclic) bond motifs is 1. The average molecular weight is 422 g/mol. The number of aromatic hydroxyl groups is 1. The third kappa shape index (κ3) is 4.93. The molecular formula is C22H32ClN3O3. The van der Waals surface area contributed by atoms with Gasteiger partial charge in [-0.3, -0.25) is 9.59 Å². The Balaban J connectivity index is 0.00000300. The lowest BCUT2D eigenvalue weighted by molar-refractivity contribution is 0.0906. The van der Waals surface area contributed by atoms with Crippen LogP contribution in [0.25, 0.3) is 10.9 Å². The van der Waals surface area contributed by atoms with Crippen molar-refractivity contribution in [1.29, 1.82) is 0 Å².